The zero-order valence-corrected chi connectivity index (χ0v) is 16.1. The number of para-hydroxylation sites is 1. The number of hydrogen-bond acceptors (Lipinski definition) is 5. The quantitative estimate of drug-likeness (QED) is 0.688. The van der Waals surface area contributed by atoms with E-state index in [1.54, 1.807) is 37.4 Å². The highest BCUT2D eigenvalue weighted by Gasteiger charge is 2.12. The smallest absolute Gasteiger partial charge is 0.267 e. The van der Waals surface area contributed by atoms with Crippen molar-refractivity contribution >= 4 is 23.2 Å². The van der Waals surface area contributed by atoms with Crippen molar-refractivity contribution in [1.82, 2.24) is 9.78 Å². The number of hydrogen-bond donors (Lipinski definition) is 1. The molecule has 3 aromatic rings. The van der Waals surface area contributed by atoms with Gasteiger partial charge in [0.25, 0.3) is 5.56 Å². The first-order chi connectivity index (χ1) is 13.5. The van der Waals surface area contributed by atoms with Crippen LogP contribution in [0.5, 0.6) is 11.5 Å². The fourth-order valence-corrected chi connectivity index (χ4v) is 2.90. The first kappa shape index (κ1) is 19.4. The van der Waals surface area contributed by atoms with Crippen molar-refractivity contribution in [2.24, 2.45) is 0 Å². The van der Waals surface area contributed by atoms with Gasteiger partial charge in [0.1, 0.15) is 18.0 Å². The van der Waals surface area contributed by atoms with Gasteiger partial charge < -0.3 is 14.8 Å². The predicted octanol–water partition coefficient (Wildman–Crippen LogP) is 3.22. The van der Waals surface area contributed by atoms with E-state index in [1.807, 2.05) is 18.2 Å². The minimum absolute atomic E-state index is 0.245. The van der Waals surface area contributed by atoms with Crippen LogP contribution in [0.1, 0.15) is 0 Å². The van der Waals surface area contributed by atoms with Gasteiger partial charge in [-0.25, -0.2) is 4.68 Å². The largest absolute Gasteiger partial charge is 0.496 e. The minimum Gasteiger partial charge on any atom is -0.496 e. The molecule has 0 atom stereocenters. The Hall–Kier alpha value is -3.32. The molecule has 0 aliphatic heterocycles. The first-order valence-corrected chi connectivity index (χ1v) is 8.74. The van der Waals surface area contributed by atoms with Crippen molar-refractivity contribution < 1.29 is 14.3 Å². The third-order valence-electron chi connectivity index (χ3n) is 3.98. The van der Waals surface area contributed by atoms with Gasteiger partial charge in [0, 0.05) is 17.3 Å². The summed E-state index contributed by atoms with van der Waals surface area (Å²) < 4.78 is 11.5. The monoisotopic (exact) mass is 399 g/mol. The Morgan fingerprint density at radius 2 is 1.82 bits per heavy atom. The number of carbonyl (C=O) groups is 1. The van der Waals surface area contributed by atoms with Crippen molar-refractivity contribution in [3.8, 4) is 22.8 Å². The lowest BCUT2D eigenvalue weighted by Gasteiger charge is -2.11. The third kappa shape index (κ3) is 4.32. The summed E-state index contributed by atoms with van der Waals surface area (Å²) in [4.78, 5) is 24.5. The average Bonchev–Trinajstić information content (AvgIpc) is 2.69. The molecule has 3 rings (SSSR count). The SMILES string of the molecule is COc1ccc(NC(=O)Cn2nc(-c3ccccc3OC)ccc2=O)cc1Cl. The number of halogens is 1. The average molecular weight is 400 g/mol. The molecule has 0 saturated heterocycles. The molecule has 8 heteroatoms. The summed E-state index contributed by atoms with van der Waals surface area (Å²) in [6, 6.07) is 15.1. The van der Waals surface area contributed by atoms with Crippen molar-refractivity contribution in [3.05, 3.63) is 70.0 Å². The second kappa shape index (κ2) is 8.58. The fraction of sp³-hybridized carbons (Fsp3) is 0.150. The van der Waals surface area contributed by atoms with Gasteiger partial charge in [-0.1, -0.05) is 23.7 Å². The Balaban J connectivity index is 1.81. The molecule has 0 aliphatic rings. The van der Waals surface area contributed by atoms with Crippen molar-refractivity contribution in [2.45, 2.75) is 6.54 Å². The van der Waals surface area contributed by atoms with Crippen LogP contribution in [0.4, 0.5) is 5.69 Å². The van der Waals surface area contributed by atoms with Gasteiger partial charge in [-0.3, -0.25) is 9.59 Å². The number of aromatic nitrogens is 2. The molecule has 0 aliphatic carbocycles. The number of benzene rings is 2. The first-order valence-electron chi connectivity index (χ1n) is 8.37. The highest BCUT2D eigenvalue weighted by Crippen LogP contribution is 2.28. The molecule has 0 fully saturated rings. The molecule has 0 spiro atoms. The highest BCUT2D eigenvalue weighted by atomic mass is 35.5. The van der Waals surface area contributed by atoms with E-state index in [-0.39, 0.29) is 12.1 Å². The van der Waals surface area contributed by atoms with Crippen LogP contribution in [0.2, 0.25) is 5.02 Å². The van der Waals surface area contributed by atoms with E-state index in [2.05, 4.69) is 10.4 Å². The molecule has 28 heavy (non-hydrogen) atoms. The van der Waals surface area contributed by atoms with Crippen molar-refractivity contribution in [1.29, 1.82) is 0 Å². The lowest BCUT2D eigenvalue weighted by molar-refractivity contribution is -0.117. The molecule has 0 saturated carbocycles. The lowest BCUT2D eigenvalue weighted by atomic mass is 10.1. The summed E-state index contributed by atoms with van der Waals surface area (Å²) in [5, 5.41) is 7.35. The number of nitrogens with zero attached hydrogens (tertiary/aromatic N) is 2. The van der Waals surface area contributed by atoms with E-state index >= 15 is 0 Å². The number of amides is 1. The number of methoxy groups -OCH3 is 2. The maximum Gasteiger partial charge on any atom is 0.267 e. The third-order valence-corrected chi connectivity index (χ3v) is 4.27. The fourth-order valence-electron chi connectivity index (χ4n) is 2.64. The predicted molar refractivity (Wildman–Crippen MR) is 107 cm³/mol. The molecule has 1 N–H and O–H groups in total. The highest BCUT2D eigenvalue weighted by molar-refractivity contribution is 6.32. The van der Waals surface area contributed by atoms with Gasteiger partial charge in [-0.2, -0.15) is 5.10 Å². The van der Waals surface area contributed by atoms with E-state index in [4.69, 9.17) is 21.1 Å². The minimum atomic E-state index is -0.409. The van der Waals surface area contributed by atoms with E-state index in [1.165, 1.54) is 13.2 Å². The number of anilines is 1. The molecule has 144 valence electrons. The van der Waals surface area contributed by atoms with Crippen LogP contribution in [-0.4, -0.2) is 29.9 Å². The van der Waals surface area contributed by atoms with Crippen LogP contribution in [-0.2, 0) is 11.3 Å². The normalized spacial score (nSPS) is 10.4. The molecule has 0 bridgehead atoms. The number of ether oxygens (including phenoxy) is 2. The Morgan fingerprint density at radius 1 is 1.07 bits per heavy atom. The summed E-state index contributed by atoms with van der Waals surface area (Å²) in [7, 11) is 3.06. The molecule has 2 aromatic carbocycles. The van der Waals surface area contributed by atoms with Gasteiger partial charge in [0.2, 0.25) is 5.91 Å². The van der Waals surface area contributed by atoms with Gasteiger partial charge in [0.15, 0.2) is 0 Å². The Morgan fingerprint density at radius 3 is 2.54 bits per heavy atom. The summed E-state index contributed by atoms with van der Waals surface area (Å²) >= 11 is 6.06. The summed E-state index contributed by atoms with van der Waals surface area (Å²) in [5.74, 6) is 0.715. The maximum atomic E-state index is 12.4. The van der Waals surface area contributed by atoms with Crippen LogP contribution in [0.25, 0.3) is 11.3 Å². The van der Waals surface area contributed by atoms with Crippen LogP contribution in [0, 0.1) is 0 Å². The second-order valence-electron chi connectivity index (χ2n) is 5.81. The summed E-state index contributed by atoms with van der Waals surface area (Å²) in [6.07, 6.45) is 0. The Kier molecular flexibility index (Phi) is 5.96. The van der Waals surface area contributed by atoms with Gasteiger partial charge in [-0.05, 0) is 36.4 Å². The Labute approximate surface area is 166 Å². The zero-order chi connectivity index (χ0) is 20.1. The van der Waals surface area contributed by atoms with E-state index in [9.17, 15) is 9.59 Å². The van der Waals surface area contributed by atoms with Gasteiger partial charge >= 0.3 is 0 Å². The maximum absolute atomic E-state index is 12.4. The lowest BCUT2D eigenvalue weighted by Crippen LogP contribution is -2.29. The summed E-state index contributed by atoms with van der Waals surface area (Å²) in [6.45, 7) is -0.245. The molecule has 1 aromatic heterocycles. The van der Waals surface area contributed by atoms with Crippen LogP contribution in [0.3, 0.4) is 0 Å². The topological polar surface area (TPSA) is 82.4 Å². The number of nitrogens with one attached hydrogen (secondary N) is 1. The van der Waals surface area contributed by atoms with E-state index in [0.717, 1.165) is 10.2 Å². The molecule has 0 radical (unpaired) electrons. The molecule has 1 heterocycles. The molecule has 0 unspecified atom stereocenters. The van der Waals surface area contributed by atoms with E-state index in [0.29, 0.717) is 27.9 Å². The molecular formula is C20H18ClN3O4. The number of carbonyl (C=O) groups excluding carboxylic acids is 1. The molecule has 1 amide bonds. The van der Waals surface area contributed by atoms with Crippen LogP contribution in [0.15, 0.2) is 59.4 Å². The summed E-state index contributed by atoms with van der Waals surface area (Å²) in [5.41, 5.74) is 1.35. The Bertz CT molecular complexity index is 1070. The molecular weight excluding hydrogens is 382 g/mol. The van der Waals surface area contributed by atoms with E-state index < -0.39 is 5.91 Å². The van der Waals surface area contributed by atoms with Crippen LogP contribution < -0.4 is 20.3 Å². The second-order valence-corrected chi connectivity index (χ2v) is 6.22. The van der Waals surface area contributed by atoms with Crippen molar-refractivity contribution in [3.63, 3.8) is 0 Å². The van der Waals surface area contributed by atoms with Crippen LogP contribution >= 0.6 is 11.6 Å². The molecule has 7 nitrogen and oxygen atoms in total. The van der Waals surface area contributed by atoms with Crippen molar-refractivity contribution in [2.75, 3.05) is 19.5 Å². The van der Waals surface area contributed by atoms with Gasteiger partial charge in [0.05, 0.1) is 24.9 Å². The zero-order valence-electron chi connectivity index (χ0n) is 15.3. The van der Waals surface area contributed by atoms with Gasteiger partial charge in [-0.15, -0.1) is 0 Å². The standard InChI is InChI=1S/C20H18ClN3O4/c1-27-17-6-4-3-5-14(17)16-8-10-20(26)24(23-16)12-19(25)22-13-7-9-18(28-2)15(21)11-13/h3-11H,12H2,1-2H3,(H,22,25). The number of rotatable bonds is 6.